The summed E-state index contributed by atoms with van der Waals surface area (Å²) in [4.78, 5) is 13.2. The van der Waals surface area contributed by atoms with Crippen molar-refractivity contribution in [1.82, 2.24) is 19.5 Å². The minimum atomic E-state index is -1.72. The third kappa shape index (κ3) is 4.09. The Bertz CT molecular complexity index is 1200. The van der Waals surface area contributed by atoms with Crippen LogP contribution in [0.5, 0.6) is 0 Å². The highest BCUT2D eigenvalue weighted by atomic mass is 19.1. The van der Waals surface area contributed by atoms with E-state index in [9.17, 15) is 18.3 Å². The second kappa shape index (κ2) is 8.55. The summed E-state index contributed by atoms with van der Waals surface area (Å²) in [5.41, 5.74) is 0.237. The van der Waals surface area contributed by atoms with Gasteiger partial charge in [-0.3, -0.25) is 4.57 Å². The summed E-state index contributed by atoms with van der Waals surface area (Å²) >= 11 is 0. The second-order valence-electron chi connectivity index (χ2n) is 7.94. The molecule has 3 heterocycles. The highest BCUT2D eigenvalue weighted by Crippen LogP contribution is 2.32. The lowest BCUT2D eigenvalue weighted by Gasteiger charge is -2.26. The van der Waals surface area contributed by atoms with Crippen molar-refractivity contribution < 1.29 is 25.8 Å². The number of anilines is 3. The molecular formula is C21H23F3N6O2. The summed E-state index contributed by atoms with van der Waals surface area (Å²) < 4.78 is 65.0. The van der Waals surface area contributed by atoms with Crippen LogP contribution in [-0.4, -0.2) is 50.0 Å². The molecule has 5 rings (SSSR count). The van der Waals surface area contributed by atoms with Crippen LogP contribution in [0.15, 0.2) is 18.3 Å². The highest BCUT2D eigenvalue weighted by molar-refractivity contribution is 5.76. The van der Waals surface area contributed by atoms with Gasteiger partial charge in [-0.1, -0.05) is 0 Å². The van der Waals surface area contributed by atoms with Crippen LogP contribution in [-0.2, 0) is 4.74 Å². The van der Waals surface area contributed by atoms with Crippen molar-refractivity contribution in [2.45, 2.75) is 50.2 Å². The molecule has 3 unspecified atom stereocenters. The Morgan fingerprint density at radius 3 is 2.66 bits per heavy atom. The third-order valence-electron chi connectivity index (χ3n) is 5.67. The van der Waals surface area contributed by atoms with Crippen molar-refractivity contribution >= 4 is 28.7 Å². The van der Waals surface area contributed by atoms with Gasteiger partial charge in [0.1, 0.15) is 17.0 Å². The number of benzene rings is 1. The van der Waals surface area contributed by atoms with E-state index in [1.807, 2.05) is 0 Å². The third-order valence-corrected chi connectivity index (χ3v) is 5.67. The summed E-state index contributed by atoms with van der Waals surface area (Å²) in [6.07, 6.45) is 0.317. The lowest BCUT2D eigenvalue weighted by atomic mass is 9.93. The molecule has 1 saturated heterocycles. The zero-order valence-electron chi connectivity index (χ0n) is 19.0. The normalized spacial score (nSPS) is 26.1. The quantitative estimate of drug-likeness (QED) is 0.546. The predicted molar refractivity (Wildman–Crippen MR) is 111 cm³/mol. The van der Waals surface area contributed by atoms with Crippen LogP contribution in [0.2, 0.25) is 0 Å². The van der Waals surface area contributed by atoms with Crippen LogP contribution < -0.4 is 10.6 Å². The van der Waals surface area contributed by atoms with E-state index in [4.69, 9.17) is 7.48 Å². The smallest absolute Gasteiger partial charge is 0.224 e. The molecule has 2 aromatic heterocycles. The number of nitrogens with one attached hydrogen (secondary N) is 2. The van der Waals surface area contributed by atoms with Crippen LogP contribution in [0, 0.1) is 17.5 Å². The monoisotopic (exact) mass is 450 g/mol. The molecule has 170 valence electrons. The van der Waals surface area contributed by atoms with E-state index in [0.29, 0.717) is 55.8 Å². The maximum Gasteiger partial charge on any atom is 0.224 e. The first kappa shape index (κ1) is 18.6. The van der Waals surface area contributed by atoms with Crippen LogP contribution in [0.1, 0.15) is 40.8 Å². The summed E-state index contributed by atoms with van der Waals surface area (Å²) in [6, 6.07) is 0.681. The largest absolute Gasteiger partial charge is 0.393 e. The lowest BCUT2D eigenvalue weighted by molar-refractivity contribution is 0.126. The minimum Gasteiger partial charge on any atom is -0.393 e. The zero-order valence-corrected chi connectivity index (χ0v) is 17.0. The van der Waals surface area contributed by atoms with Gasteiger partial charge in [-0.05, 0) is 32.1 Å². The van der Waals surface area contributed by atoms with Gasteiger partial charge in [0.25, 0.3) is 0 Å². The fourth-order valence-electron chi connectivity index (χ4n) is 4.04. The Hall–Kier alpha value is -2.92. The number of fused-ring (bicyclic) bond motifs is 1. The van der Waals surface area contributed by atoms with Gasteiger partial charge in [-0.2, -0.15) is 4.98 Å². The van der Waals surface area contributed by atoms with E-state index >= 15 is 0 Å². The maximum absolute atomic E-state index is 14.3. The van der Waals surface area contributed by atoms with Gasteiger partial charge in [-0.15, -0.1) is 0 Å². The predicted octanol–water partition coefficient (Wildman–Crippen LogP) is 3.66. The first-order valence-electron chi connectivity index (χ1n) is 11.4. The molecule has 1 aliphatic carbocycles. The van der Waals surface area contributed by atoms with Crippen LogP contribution in [0.25, 0.3) is 11.2 Å². The molecule has 32 heavy (non-hydrogen) atoms. The van der Waals surface area contributed by atoms with Gasteiger partial charge in [0.2, 0.25) is 11.9 Å². The first-order chi connectivity index (χ1) is 16.2. The van der Waals surface area contributed by atoms with Crippen molar-refractivity contribution in [3.05, 3.63) is 35.8 Å². The van der Waals surface area contributed by atoms with E-state index in [2.05, 4.69) is 25.6 Å². The highest BCUT2D eigenvalue weighted by Gasteiger charge is 2.27. The number of aliphatic hydroxyl groups is 1. The minimum absolute atomic E-state index is 0.0984. The molecule has 0 bridgehead atoms. The van der Waals surface area contributed by atoms with E-state index in [1.54, 1.807) is 4.57 Å². The molecule has 1 aliphatic heterocycles. The zero-order chi connectivity index (χ0) is 24.0. The number of ether oxygens (including phenoxy) is 1. The number of rotatable bonds is 5. The van der Waals surface area contributed by atoms with Crippen molar-refractivity contribution in [2.75, 3.05) is 23.8 Å². The molecule has 0 radical (unpaired) electrons. The summed E-state index contributed by atoms with van der Waals surface area (Å²) in [5.74, 6) is -2.87. The van der Waals surface area contributed by atoms with E-state index in [1.165, 1.54) is 6.20 Å². The van der Waals surface area contributed by atoms with Crippen LogP contribution >= 0.6 is 0 Å². The average molecular weight is 450 g/mol. The molecule has 8 nitrogen and oxygen atoms in total. The Labute approximate surface area is 184 Å². The summed E-state index contributed by atoms with van der Waals surface area (Å²) in [7, 11) is 0. The maximum atomic E-state index is 14.3. The number of hydrogen-bond donors (Lipinski definition) is 3. The van der Waals surface area contributed by atoms with Crippen molar-refractivity contribution in [2.24, 2.45) is 0 Å². The van der Waals surface area contributed by atoms with Gasteiger partial charge >= 0.3 is 0 Å². The summed E-state index contributed by atoms with van der Waals surface area (Å²) in [6.45, 7) is 0.848. The van der Waals surface area contributed by atoms with Crippen LogP contribution in [0.4, 0.5) is 30.8 Å². The molecule has 3 N–H and O–H groups in total. The van der Waals surface area contributed by atoms with E-state index < -0.39 is 35.6 Å². The number of imidazole rings is 1. The van der Waals surface area contributed by atoms with Crippen molar-refractivity contribution in [3.8, 4) is 0 Å². The number of aliphatic hydroxyl groups excluding tert-OH is 1. The van der Waals surface area contributed by atoms with Gasteiger partial charge in [-0.25, -0.2) is 23.1 Å². The van der Waals surface area contributed by atoms with E-state index in [0.717, 1.165) is 0 Å². The van der Waals surface area contributed by atoms with E-state index in [-0.39, 0.29) is 30.4 Å². The SMILES string of the molecule is [2H]C1([2H])CC(Nc2ncc3nc(Nc4c(F)cc(F)cc4F)n(C4CCOC4)c3n2)CCC1O. The number of aromatic nitrogens is 4. The lowest BCUT2D eigenvalue weighted by Crippen LogP contribution is -2.29. The van der Waals surface area contributed by atoms with Crippen LogP contribution in [0.3, 0.4) is 0 Å². The van der Waals surface area contributed by atoms with Gasteiger partial charge in [0, 0.05) is 27.5 Å². The Balaban J connectivity index is 1.50. The Kier molecular flexibility index (Phi) is 4.98. The molecule has 11 heteroatoms. The van der Waals surface area contributed by atoms with Gasteiger partial charge < -0.3 is 20.5 Å². The molecule has 0 spiro atoms. The molecule has 3 aromatic rings. The molecule has 0 amide bonds. The molecular weight excluding hydrogens is 425 g/mol. The fraction of sp³-hybridized carbons (Fsp3) is 0.476. The van der Waals surface area contributed by atoms with Crippen molar-refractivity contribution in [3.63, 3.8) is 0 Å². The second-order valence-corrected chi connectivity index (χ2v) is 7.94. The molecule has 2 aliphatic rings. The fourth-order valence-corrected chi connectivity index (χ4v) is 4.04. The topological polar surface area (TPSA) is 97.1 Å². The van der Waals surface area contributed by atoms with Gasteiger partial charge in [0.15, 0.2) is 17.3 Å². The van der Waals surface area contributed by atoms with Gasteiger partial charge in [0.05, 0.1) is 24.9 Å². The molecule has 3 atom stereocenters. The molecule has 1 saturated carbocycles. The molecule has 2 fully saturated rings. The average Bonchev–Trinajstić information content (AvgIpc) is 3.40. The Morgan fingerprint density at radius 2 is 1.94 bits per heavy atom. The standard InChI is InChI=1S/C21H23F3N6O2/c22-11-7-15(23)18(16(24)8-11)28-21-27-17-9-25-20(26-12-1-3-14(31)4-2-12)29-19(17)30(21)13-5-6-32-10-13/h7-9,12-14,31H,1-6,10H2,(H,27,28)(H,25,26,29)/i3D2. The number of nitrogens with zero attached hydrogens (tertiary/aromatic N) is 4. The van der Waals surface area contributed by atoms with Crippen molar-refractivity contribution in [1.29, 1.82) is 0 Å². The number of halogens is 3. The summed E-state index contributed by atoms with van der Waals surface area (Å²) in [5, 5.41) is 15.6. The number of hydrogen-bond acceptors (Lipinski definition) is 7. The Morgan fingerprint density at radius 1 is 1.12 bits per heavy atom. The molecule has 1 aromatic carbocycles. The first-order valence-corrected chi connectivity index (χ1v) is 10.4.